The predicted octanol–water partition coefficient (Wildman–Crippen LogP) is 7.43. The fourth-order valence-corrected chi connectivity index (χ4v) is 9.21. The van der Waals surface area contributed by atoms with Crippen LogP contribution in [0.3, 0.4) is 0 Å². The van der Waals surface area contributed by atoms with E-state index in [9.17, 15) is 13.8 Å². The molecule has 47 heavy (non-hydrogen) atoms. The lowest BCUT2D eigenvalue weighted by Gasteiger charge is -2.44. The van der Waals surface area contributed by atoms with Gasteiger partial charge in [0.05, 0.1) is 28.1 Å². The van der Waals surface area contributed by atoms with E-state index in [2.05, 4.69) is 31.7 Å². The zero-order chi connectivity index (χ0) is 33.0. The first kappa shape index (κ1) is 33.9. The molecule has 6 rings (SSSR count). The van der Waals surface area contributed by atoms with E-state index in [1.54, 1.807) is 6.07 Å². The Morgan fingerprint density at radius 3 is 2.70 bits per heavy atom. The van der Waals surface area contributed by atoms with Crippen LogP contribution in [0.4, 0.5) is 10.5 Å². The Morgan fingerprint density at radius 2 is 1.94 bits per heavy atom. The number of fused-ring (bicyclic) bond motifs is 3. The summed E-state index contributed by atoms with van der Waals surface area (Å²) in [6.45, 7) is 4.00. The molecule has 2 aromatic carbocycles. The zero-order valence-corrected chi connectivity index (χ0v) is 29.1. The van der Waals surface area contributed by atoms with Crippen molar-refractivity contribution in [2.45, 2.75) is 89.8 Å². The van der Waals surface area contributed by atoms with Crippen molar-refractivity contribution in [3.63, 3.8) is 0 Å². The Kier molecular flexibility index (Phi) is 10.9. The van der Waals surface area contributed by atoms with Crippen molar-refractivity contribution < 1.29 is 23.3 Å². The summed E-state index contributed by atoms with van der Waals surface area (Å²) in [6, 6.07) is 11.1. The summed E-state index contributed by atoms with van der Waals surface area (Å²) in [6.07, 6.45) is 9.59. The molecule has 2 heterocycles. The van der Waals surface area contributed by atoms with Gasteiger partial charge in [-0.3, -0.25) is 4.79 Å². The van der Waals surface area contributed by atoms with Crippen LogP contribution in [0.5, 0.6) is 5.75 Å². The highest BCUT2D eigenvalue weighted by molar-refractivity contribution is 8.06. The summed E-state index contributed by atoms with van der Waals surface area (Å²) in [4.78, 5) is 32.5. The van der Waals surface area contributed by atoms with Crippen LogP contribution in [0, 0.1) is 17.8 Å². The smallest absolute Gasteiger partial charge is 0.341 e. The van der Waals surface area contributed by atoms with Crippen LogP contribution in [-0.4, -0.2) is 59.9 Å². The minimum absolute atomic E-state index is 0.00414. The van der Waals surface area contributed by atoms with Crippen molar-refractivity contribution in [2.24, 2.45) is 27.1 Å². The number of carbonyl (C=O) groups is 2. The van der Waals surface area contributed by atoms with Gasteiger partial charge in [0, 0.05) is 42.6 Å². The highest BCUT2D eigenvalue weighted by Crippen LogP contribution is 2.43. The van der Waals surface area contributed by atoms with Gasteiger partial charge in [0.25, 0.3) is 5.91 Å². The van der Waals surface area contributed by atoms with Gasteiger partial charge in [0.15, 0.2) is 0 Å². The van der Waals surface area contributed by atoms with Crippen molar-refractivity contribution in [3.05, 3.63) is 58.1 Å². The lowest BCUT2D eigenvalue weighted by Crippen LogP contribution is -2.44. The molecule has 11 heteroatoms. The van der Waals surface area contributed by atoms with Crippen LogP contribution in [0.25, 0.3) is 0 Å². The minimum atomic E-state index is -3.28. The molecule has 2 aliphatic heterocycles. The highest BCUT2D eigenvalue weighted by atomic mass is 35.5. The molecule has 9 nitrogen and oxygen atoms in total. The molecular weight excluding hydrogens is 636 g/mol. The van der Waals surface area contributed by atoms with Crippen LogP contribution in [-0.2, 0) is 27.4 Å². The second kappa shape index (κ2) is 15.1. The molecule has 2 bridgehead atoms. The minimum Gasteiger partial charge on any atom is -0.491 e. The number of urea groups is 1. The number of nitrogens with one attached hydrogen (secondary N) is 1. The summed E-state index contributed by atoms with van der Waals surface area (Å²) in [7, 11) is -1.46. The SMILES string of the molecule is CO[C@H]1CCC[C@H](C)CS(=O)(C=NC(=O)NC2CC2)=NC(=O)c2ccc3c(c2)N(Cc2ccc(Cl)cc2CCCCO3)C[C@@H]2CC[C@H]21. The van der Waals surface area contributed by atoms with E-state index in [4.69, 9.17) is 21.1 Å². The molecule has 2 fully saturated rings. The van der Waals surface area contributed by atoms with Crippen molar-refractivity contribution in [2.75, 3.05) is 30.9 Å². The molecule has 4 aliphatic rings. The van der Waals surface area contributed by atoms with Gasteiger partial charge in [0.1, 0.15) is 11.3 Å². The van der Waals surface area contributed by atoms with Gasteiger partial charge >= 0.3 is 6.03 Å². The van der Waals surface area contributed by atoms with Crippen LogP contribution >= 0.6 is 11.6 Å². The molecule has 1 unspecified atom stereocenters. The Bertz CT molecular complexity index is 1620. The number of aryl methyl sites for hydroxylation is 1. The van der Waals surface area contributed by atoms with Crippen molar-refractivity contribution in [1.29, 1.82) is 0 Å². The number of aliphatic imine (C=N–C) groups is 1. The maximum Gasteiger partial charge on any atom is 0.341 e. The Morgan fingerprint density at radius 1 is 1.09 bits per heavy atom. The number of rotatable bonds is 3. The maximum atomic E-state index is 14.3. The van der Waals surface area contributed by atoms with E-state index in [1.165, 1.54) is 11.1 Å². The molecular formula is C36H47ClN4O5S. The average molecular weight is 683 g/mol. The number of carbonyl (C=O) groups excluding carboxylic acids is 2. The van der Waals surface area contributed by atoms with E-state index in [-0.39, 0.29) is 23.8 Å². The topological polar surface area (TPSA) is 110 Å². The third kappa shape index (κ3) is 8.75. The van der Waals surface area contributed by atoms with Crippen LogP contribution < -0.4 is 15.0 Å². The molecule has 0 radical (unpaired) electrons. The molecule has 1 N–H and O–H groups in total. The molecule has 2 saturated carbocycles. The zero-order valence-electron chi connectivity index (χ0n) is 27.5. The monoisotopic (exact) mass is 682 g/mol. The van der Waals surface area contributed by atoms with E-state index in [1.807, 2.05) is 32.2 Å². The number of nitrogens with zero attached hydrogens (tertiary/aromatic N) is 3. The number of benzene rings is 2. The molecule has 3 amide bonds. The van der Waals surface area contributed by atoms with Gasteiger partial charge in [-0.2, -0.15) is 9.36 Å². The number of ether oxygens (including phenoxy) is 2. The normalized spacial score (nSPS) is 28.9. The number of hydrogen-bond donors (Lipinski definition) is 1. The Balaban J connectivity index is 1.42. The average Bonchev–Trinajstić information content (AvgIpc) is 3.85. The van der Waals surface area contributed by atoms with Gasteiger partial charge in [-0.1, -0.05) is 31.0 Å². The van der Waals surface area contributed by atoms with Crippen molar-refractivity contribution in [3.8, 4) is 5.75 Å². The number of halogens is 1. The molecule has 0 spiro atoms. The highest BCUT2D eigenvalue weighted by Gasteiger charge is 2.38. The quantitative estimate of drug-likeness (QED) is 0.266. The predicted molar refractivity (Wildman–Crippen MR) is 187 cm³/mol. The number of amides is 3. The molecule has 0 saturated heterocycles. The molecule has 254 valence electrons. The lowest BCUT2D eigenvalue weighted by molar-refractivity contribution is -0.0222. The largest absolute Gasteiger partial charge is 0.491 e. The third-order valence-electron chi connectivity index (χ3n) is 10.1. The molecule has 0 aromatic heterocycles. The summed E-state index contributed by atoms with van der Waals surface area (Å²) >= 11 is 6.45. The van der Waals surface area contributed by atoms with Gasteiger partial charge < -0.3 is 19.7 Å². The summed E-state index contributed by atoms with van der Waals surface area (Å²) in [5, 5.41) is 3.52. The summed E-state index contributed by atoms with van der Waals surface area (Å²) in [5.74, 6) is 1.13. The standard InChI is InChI=1S/C36H47ClN4O5S/c1-24-6-5-8-33(45-2)31-15-10-28(31)21-41-20-27-9-12-29(37)18-25(27)7-3-4-17-46-34-16-11-26(19-32(34)41)35(42)40-47(44,22-24)23-38-36(43)39-30-13-14-30/h9,11-12,16,18-19,23-24,28,30-31,33H,3-8,10,13-15,17,20-22H2,1-2H3,(H,39,43)/t24-,28-,31+,33-,47?/m0/s1. The summed E-state index contributed by atoms with van der Waals surface area (Å²) in [5.41, 5.74) is 4.69. The number of hydrogen-bond acceptors (Lipinski definition) is 6. The Hall–Kier alpha value is -2.95. The summed E-state index contributed by atoms with van der Waals surface area (Å²) < 4.78 is 31.0. The first-order valence-electron chi connectivity index (χ1n) is 17.2. The van der Waals surface area contributed by atoms with Gasteiger partial charge in [-0.05, 0) is 117 Å². The van der Waals surface area contributed by atoms with Crippen molar-refractivity contribution in [1.82, 2.24) is 5.32 Å². The van der Waals surface area contributed by atoms with E-state index in [0.29, 0.717) is 36.3 Å². The van der Waals surface area contributed by atoms with Gasteiger partial charge in [-0.25, -0.2) is 9.00 Å². The third-order valence-corrected chi connectivity index (χ3v) is 12.3. The van der Waals surface area contributed by atoms with Crippen LogP contribution in [0.15, 0.2) is 45.8 Å². The number of methoxy groups -OCH3 is 1. The first-order chi connectivity index (χ1) is 22.7. The molecule has 5 atom stereocenters. The molecule has 2 aromatic rings. The van der Waals surface area contributed by atoms with Crippen molar-refractivity contribution >= 4 is 44.5 Å². The second-order valence-electron chi connectivity index (χ2n) is 13.8. The first-order valence-corrected chi connectivity index (χ1v) is 19.3. The van der Waals surface area contributed by atoms with Gasteiger partial charge in [0.2, 0.25) is 0 Å². The van der Waals surface area contributed by atoms with Crippen LogP contribution in [0.1, 0.15) is 86.2 Å². The second-order valence-corrected chi connectivity index (χ2v) is 16.3. The fraction of sp³-hybridized carbons (Fsp3) is 0.583. The Labute approximate surface area is 284 Å². The fourth-order valence-electron chi connectivity index (χ4n) is 7.18. The molecule has 2 aliphatic carbocycles. The van der Waals surface area contributed by atoms with Gasteiger partial charge in [-0.15, -0.1) is 0 Å². The number of anilines is 1. The van der Waals surface area contributed by atoms with Crippen LogP contribution in [0.2, 0.25) is 5.02 Å². The van der Waals surface area contributed by atoms with E-state index >= 15 is 0 Å². The lowest BCUT2D eigenvalue weighted by atomic mass is 9.69. The van der Waals surface area contributed by atoms with E-state index in [0.717, 1.165) is 87.0 Å². The maximum absolute atomic E-state index is 14.3. The van der Waals surface area contributed by atoms with E-state index < -0.39 is 21.7 Å².